The molecule has 8 heavy (non-hydrogen) atoms. The Balaban J connectivity index is 0. The Labute approximate surface area is 74.0 Å². The number of halogens is 5. The van der Waals surface area contributed by atoms with Crippen LogP contribution < -0.4 is 0 Å². The van der Waals surface area contributed by atoms with E-state index in [4.69, 9.17) is 58.0 Å². The van der Waals surface area contributed by atoms with E-state index in [1.807, 2.05) is 0 Å². The van der Waals surface area contributed by atoms with Gasteiger partial charge in [0.15, 0.2) is 0 Å². The summed E-state index contributed by atoms with van der Waals surface area (Å²) in [6.07, 6.45) is 0. The summed E-state index contributed by atoms with van der Waals surface area (Å²) in [5.41, 5.74) is 0. The molecule has 0 nitrogen and oxygen atoms in total. The van der Waals surface area contributed by atoms with Crippen molar-refractivity contribution in [2.75, 3.05) is 11.2 Å². The quantitative estimate of drug-likeness (QED) is 0.591. The molecule has 0 amide bonds. The maximum Gasteiger partial charge on any atom is 0.121 e. The van der Waals surface area contributed by atoms with Gasteiger partial charge in [-0.3, -0.25) is 0 Å². The molecule has 0 unspecified atom stereocenters. The molecule has 0 aromatic rings. The van der Waals surface area contributed by atoms with Crippen LogP contribution in [0.2, 0.25) is 0 Å². The SMILES string of the molecule is ClCC(Cl)Cl.ClCCl. The zero-order valence-electron chi connectivity index (χ0n) is 3.88. The normalized spacial score (nSPS) is 8.25. The molecule has 52 valence electrons. The molecule has 0 aromatic carbocycles. The van der Waals surface area contributed by atoms with E-state index in [0.717, 1.165) is 0 Å². The fraction of sp³-hybridized carbons (Fsp3) is 1.00. The second-order valence-electron chi connectivity index (χ2n) is 0.646. The summed E-state index contributed by atoms with van der Waals surface area (Å²) in [5.74, 6) is 0.309. The van der Waals surface area contributed by atoms with Gasteiger partial charge in [0.1, 0.15) is 4.84 Å². The Morgan fingerprint density at radius 1 is 1.00 bits per heavy atom. The molecule has 0 fully saturated rings. The maximum absolute atomic E-state index is 5.10. The van der Waals surface area contributed by atoms with Crippen LogP contribution in [-0.2, 0) is 0 Å². The molecule has 0 aliphatic rings. The first-order valence-corrected chi connectivity index (χ1v) is 4.12. The average molecular weight is 218 g/mol. The van der Waals surface area contributed by atoms with Crippen LogP contribution in [0.1, 0.15) is 0 Å². The van der Waals surface area contributed by atoms with Crippen molar-refractivity contribution in [3.05, 3.63) is 0 Å². The monoisotopic (exact) mass is 216 g/mol. The Bertz CT molecular complexity index is 28.9. The van der Waals surface area contributed by atoms with Crippen LogP contribution in [0.3, 0.4) is 0 Å². The molecule has 0 saturated heterocycles. The highest BCUT2D eigenvalue weighted by Gasteiger charge is 1.88. The van der Waals surface area contributed by atoms with E-state index in [0.29, 0.717) is 5.88 Å². The van der Waals surface area contributed by atoms with Gasteiger partial charge in [-0.2, -0.15) is 0 Å². The first kappa shape index (κ1) is 12.2. The minimum absolute atomic E-state index is 0.194. The standard InChI is InChI=1S/C2H3Cl3.CH2Cl2/c3-1-2(4)5;2-1-3/h2H,1H2;1H2. The van der Waals surface area contributed by atoms with Crippen molar-refractivity contribution in [3.63, 3.8) is 0 Å². The molecule has 0 N–H and O–H groups in total. The summed E-state index contributed by atoms with van der Waals surface area (Å²) in [7, 11) is 0. The zero-order chi connectivity index (χ0) is 6.99. The van der Waals surface area contributed by atoms with Crippen molar-refractivity contribution in [2.24, 2.45) is 0 Å². The third-order valence-electron chi connectivity index (χ3n) is 0.117. The van der Waals surface area contributed by atoms with Crippen LogP contribution >= 0.6 is 58.0 Å². The summed E-state index contributed by atoms with van der Waals surface area (Å²) in [6, 6.07) is 0. The molecule has 0 bridgehead atoms. The summed E-state index contributed by atoms with van der Waals surface area (Å²) < 4.78 is 0. The summed E-state index contributed by atoms with van der Waals surface area (Å²) in [5, 5.41) is 0.194. The molecule has 0 spiro atoms. The third-order valence-corrected chi connectivity index (χ3v) is 1.05. The van der Waals surface area contributed by atoms with Gasteiger partial charge in [-0.05, 0) is 0 Å². The van der Waals surface area contributed by atoms with Crippen LogP contribution in [0.25, 0.3) is 0 Å². The van der Waals surface area contributed by atoms with E-state index in [-0.39, 0.29) is 5.34 Å². The van der Waals surface area contributed by atoms with Gasteiger partial charge in [0, 0.05) is 0 Å². The first-order chi connectivity index (χ1) is 3.68. The topological polar surface area (TPSA) is 0 Å². The molecule has 0 aliphatic carbocycles. The summed E-state index contributed by atoms with van der Waals surface area (Å²) >= 11 is 24.8. The van der Waals surface area contributed by atoms with E-state index in [9.17, 15) is 0 Å². The van der Waals surface area contributed by atoms with Gasteiger partial charge in [-0.15, -0.1) is 58.0 Å². The molecule has 0 radical (unpaired) electrons. The highest BCUT2D eigenvalue weighted by molar-refractivity contribution is 6.47. The van der Waals surface area contributed by atoms with E-state index < -0.39 is 4.84 Å². The first-order valence-electron chi connectivity index (χ1n) is 1.65. The van der Waals surface area contributed by atoms with E-state index in [1.54, 1.807) is 0 Å². The highest BCUT2D eigenvalue weighted by atomic mass is 35.5. The maximum atomic E-state index is 5.10. The number of hydrogen-bond acceptors (Lipinski definition) is 0. The molecule has 0 heterocycles. The van der Waals surface area contributed by atoms with Gasteiger partial charge < -0.3 is 0 Å². The lowest BCUT2D eigenvalue weighted by Crippen LogP contribution is -1.82. The molecule has 0 saturated carbocycles. The Morgan fingerprint density at radius 2 is 1.12 bits per heavy atom. The smallest absolute Gasteiger partial charge is 0.121 e. The van der Waals surface area contributed by atoms with Crippen molar-refractivity contribution in [2.45, 2.75) is 4.84 Å². The van der Waals surface area contributed by atoms with E-state index in [1.165, 1.54) is 0 Å². The van der Waals surface area contributed by atoms with Crippen LogP contribution in [0.5, 0.6) is 0 Å². The average Bonchev–Trinajstić information content (AvgIpc) is 1.69. The second kappa shape index (κ2) is 11.3. The van der Waals surface area contributed by atoms with Gasteiger partial charge in [0.25, 0.3) is 0 Å². The molecular weight excluding hydrogens is 213 g/mol. The molecule has 5 heteroatoms. The minimum Gasteiger partial charge on any atom is -0.124 e. The predicted molar refractivity (Wildman–Crippen MR) is 42.8 cm³/mol. The van der Waals surface area contributed by atoms with Gasteiger partial charge in [0.05, 0.1) is 11.2 Å². The van der Waals surface area contributed by atoms with Crippen molar-refractivity contribution in [3.8, 4) is 0 Å². The molecular formula is C3H5Cl5. The lowest BCUT2D eigenvalue weighted by atomic mass is 10.9. The zero-order valence-corrected chi connectivity index (χ0v) is 7.66. The highest BCUT2D eigenvalue weighted by Crippen LogP contribution is 2.01. The molecule has 0 aromatic heterocycles. The van der Waals surface area contributed by atoms with Crippen molar-refractivity contribution in [1.29, 1.82) is 0 Å². The molecule has 0 aliphatic heterocycles. The number of rotatable bonds is 1. The van der Waals surface area contributed by atoms with Crippen molar-refractivity contribution >= 4 is 58.0 Å². The van der Waals surface area contributed by atoms with Crippen LogP contribution in [0.15, 0.2) is 0 Å². The Kier molecular flexibility index (Phi) is 17.1. The second-order valence-corrected chi connectivity index (χ2v) is 3.04. The fourth-order valence-corrected chi connectivity index (χ4v) is 0. The van der Waals surface area contributed by atoms with Gasteiger partial charge >= 0.3 is 0 Å². The largest absolute Gasteiger partial charge is 0.124 e. The predicted octanol–water partition coefficient (Wildman–Crippen LogP) is 3.45. The lowest BCUT2D eigenvalue weighted by molar-refractivity contribution is 1.40. The molecule has 0 atom stereocenters. The summed E-state index contributed by atoms with van der Waals surface area (Å²) in [4.78, 5) is -0.406. The van der Waals surface area contributed by atoms with Crippen molar-refractivity contribution in [1.82, 2.24) is 0 Å². The minimum atomic E-state index is -0.406. The number of hydrogen-bond donors (Lipinski definition) is 0. The van der Waals surface area contributed by atoms with E-state index >= 15 is 0 Å². The lowest BCUT2D eigenvalue weighted by Gasteiger charge is -1.82. The molecule has 0 rings (SSSR count). The van der Waals surface area contributed by atoms with Crippen molar-refractivity contribution < 1.29 is 0 Å². The van der Waals surface area contributed by atoms with E-state index in [2.05, 4.69) is 0 Å². The van der Waals surface area contributed by atoms with Gasteiger partial charge in [-0.1, -0.05) is 0 Å². The van der Waals surface area contributed by atoms with Crippen LogP contribution in [0.4, 0.5) is 0 Å². The number of alkyl halides is 5. The Hall–Kier alpha value is 1.45. The van der Waals surface area contributed by atoms with Crippen LogP contribution in [0, 0.1) is 0 Å². The van der Waals surface area contributed by atoms with Gasteiger partial charge in [0.2, 0.25) is 0 Å². The van der Waals surface area contributed by atoms with Crippen LogP contribution in [-0.4, -0.2) is 16.1 Å². The Morgan fingerprint density at radius 3 is 1.12 bits per heavy atom. The fourth-order valence-electron chi connectivity index (χ4n) is 0. The third kappa shape index (κ3) is 26.0. The summed E-state index contributed by atoms with van der Waals surface area (Å²) in [6.45, 7) is 0. The van der Waals surface area contributed by atoms with Gasteiger partial charge in [-0.25, -0.2) is 0 Å².